The molecule has 0 saturated carbocycles. The normalized spacial score (nSPS) is 12.3. The van der Waals surface area contributed by atoms with Crippen LogP contribution < -0.4 is 14.8 Å². The number of sulfonamides is 1. The zero-order chi connectivity index (χ0) is 23.7. The Balaban J connectivity index is 1.52. The molecule has 3 aromatic rings. The highest BCUT2D eigenvalue weighted by Crippen LogP contribution is 2.24. The van der Waals surface area contributed by atoms with Gasteiger partial charge in [-0.2, -0.15) is 4.72 Å². The van der Waals surface area contributed by atoms with E-state index in [1.165, 1.54) is 24.3 Å². The summed E-state index contributed by atoms with van der Waals surface area (Å²) in [4.78, 5) is 11.6. The summed E-state index contributed by atoms with van der Waals surface area (Å²) in [5, 5.41) is 13.3. The third kappa shape index (κ3) is 7.87. The van der Waals surface area contributed by atoms with E-state index in [2.05, 4.69) is 10.0 Å². The molecule has 0 amide bonds. The summed E-state index contributed by atoms with van der Waals surface area (Å²) in [7, 11) is -4.01. The van der Waals surface area contributed by atoms with Crippen molar-refractivity contribution in [2.24, 2.45) is 0 Å². The molecule has 0 aliphatic carbocycles. The van der Waals surface area contributed by atoms with Gasteiger partial charge in [-0.05, 0) is 73.5 Å². The standard InChI is InChI=1S/C24H25ClN2O5S/c25-19-8-10-20(11-9-19)32-21-12-14-22(15-13-21)33(30,31)27-23(24(28)29)7-4-16-26-17-18-5-2-1-3-6-18/h1-3,5-6,8-15,23,26-27H,4,7,16-17H2,(H,28,29). The summed E-state index contributed by atoms with van der Waals surface area (Å²) >= 11 is 5.85. The van der Waals surface area contributed by atoms with Crippen LogP contribution in [-0.4, -0.2) is 32.1 Å². The van der Waals surface area contributed by atoms with Crippen LogP contribution in [0.5, 0.6) is 11.5 Å². The Labute approximate surface area is 198 Å². The Bertz CT molecular complexity index is 1140. The van der Waals surface area contributed by atoms with Crippen LogP contribution in [0.15, 0.2) is 83.8 Å². The number of carbonyl (C=O) groups is 1. The third-order valence-corrected chi connectivity index (χ3v) is 6.54. The van der Waals surface area contributed by atoms with E-state index in [0.717, 1.165) is 5.56 Å². The summed E-state index contributed by atoms with van der Waals surface area (Å²) in [6, 6.07) is 21.1. The maximum atomic E-state index is 12.7. The Morgan fingerprint density at radius 2 is 1.55 bits per heavy atom. The Morgan fingerprint density at radius 3 is 2.15 bits per heavy atom. The van der Waals surface area contributed by atoms with Gasteiger partial charge in [0.25, 0.3) is 0 Å². The van der Waals surface area contributed by atoms with Gasteiger partial charge in [-0.15, -0.1) is 0 Å². The number of hydrogen-bond acceptors (Lipinski definition) is 5. The second kappa shape index (κ2) is 11.8. The molecule has 7 nitrogen and oxygen atoms in total. The molecule has 0 heterocycles. The zero-order valence-corrected chi connectivity index (χ0v) is 19.4. The minimum atomic E-state index is -4.01. The predicted molar refractivity (Wildman–Crippen MR) is 127 cm³/mol. The molecule has 3 aromatic carbocycles. The van der Waals surface area contributed by atoms with Gasteiger partial charge in [-0.25, -0.2) is 8.42 Å². The number of nitrogens with one attached hydrogen (secondary N) is 2. The van der Waals surface area contributed by atoms with Gasteiger partial charge in [0.2, 0.25) is 10.0 Å². The fourth-order valence-electron chi connectivity index (χ4n) is 3.07. The molecule has 0 spiro atoms. The fraction of sp³-hybridized carbons (Fsp3) is 0.208. The van der Waals surface area contributed by atoms with Crippen molar-refractivity contribution in [1.29, 1.82) is 0 Å². The molecule has 3 rings (SSSR count). The molecule has 1 atom stereocenters. The van der Waals surface area contributed by atoms with E-state index in [1.54, 1.807) is 24.3 Å². The molecular weight excluding hydrogens is 464 g/mol. The molecular formula is C24H25ClN2O5S. The van der Waals surface area contributed by atoms with Crippen LogP contribution in [0.25, 0.3) is 0 Å². The van der Waals surface area contributed by atoms with Crippen molar-refractivity contribution in [2.45, 2.75) is 30.3 Å². The summed E-state index contributed by atoms with van der Waals surface area (Å²) in [5.74, 6) is -0.222. The minimum Gasteiger partial charge on any atom is -0.480 e. The average molecular weight is 489 g/mol. The largest absolute Gasteiger partial charge is 0.480 e. The van der Waals surface area contributed by atoms with Crippen molar-refractivity contribution < 1.29 is 23.1 Å². The molecule has 0 aromatic heterocycles. The van der Waals surface area contributed by atoms with Crippen molar-refractivity contribution in [2.75, 3.05) is 6.54 Å². The molecule has 174 valence electrons. The van der Waals surface area contributed by atoms with Crippen LogP contribution in [-0.2, 0) is 21.4 Å². The van der Waals surface area contributed by atoms with E-state index in [0.29, 0.717) is 36.0 Å². The lowest BCUT2D eigenvalue weighted by molar-refractivity contribution is -0.139. The number of carboxylic acids is 1. The first kappa shape index (κ1) is 24.7. The fourth-order valence-corrected chi connectivity index (χ4v) is 4.42. The quantitative estimate of drug-likeness (QED) is 0.326. The van der Waals surface area contributed by atoms with E-state index in [-0.39, 0.29) is 11.3 Å². The molecule has 0 aliphatic heterocycles. The molecule has 0 aliphatic rings. The number of halogens is 1. The lowest BCUT2D eigenvalue weighted by Crippen LogP contribution is -2.41. The van der Waals surface area contributed by atoms with Crippen LogP contribution >= 0.6 is 11.6 Å². The summed E-state index contributed by atoms with van der Waals surface area (Å²) in [6.07, 6.45) is 0.661. The van der Waals surface area contributed by atoms with Crippen LogP contribution in [0.4, 0.5) is 0 Å². The Hall–Kier alpha value is -2.91. The first-order valence-corrected chi connectivity index (χ1v) is 12.2. The molecule has 1 unspecified atom stereocenters. The topological polar surface area (TPSA) is 105 Å². The van der Waals surface area contributed by atoms with E-state index >= 15 is 0 Å². The van der Waals surface area contributed by atoms with E-state index < -0.39 is 22.0 Å². The number of aliphatic carboxylic acids is 1. The first-order chi connectivity index (χ1) is 15.8. The molecule has 0 fully saturated rings. The molecule has 0 bridgehead atoms. The molecule has 33 heavy (non-hydrogen) atoms. The van der Waals surface area contributed by atoms with Gasteiger partial charge in [0.15, 0.2) is 0 Å². The van der Waals surface area contributed by atoms with Crippen molar-refractivity contribution >= 4 is 27.6 Å². The average Bonchev–Trinajstić information content (AvgIpc) is 2.80. The van der Waals surface area contributed by atoms with Gasteiger partial charge in [-0.3, -0.25) is 4.79 Å². The van der Waals surface area contributed by atoms with Crippen molar-refractivity contribution in [3.63, 3.8) is 0 Å². The summed E-state index contributed by atoms with van der Waals surface area (Å²) in [6.45, 7) is 1.23. The van der Waals surface area contributed by atoms with E-state index in [1.807, 2.05) is 30.3 Å². The number of benzene rings is 3. The smallest absolute Gasteiger partial charge is 0.321 e. The molecule has 0 radical (unpaired) electrons. The van der Waals surface area contributed by atoms with Gasteiger partial charge in [0.1, 0.15) is 17.5 Å². The second-order valence-corrected chi connectivity index (χ2v) is 9.49. The monoisotopic (exact) mass is 488 g/mol. The van der Waals surface area contributed by atoms with Crippen LogP contribution in [0, 0.1) is 0 Å². The Kier molecular flexibility index (Phi) is 8.85. The van der Waals surface area contributed by atoms with Gasteiger partial charge in [0.05, 0.1) is 4.90 Å². The molecule has 0 saturated heterocycles. The molecule has 3 N–H and O–H groups in total. The lowest BCUT2D eigenvalue weighted by atomic mass is 10.1. The van der Waals surface area contributed by atoms with Gasteiger partial charge in [0, 0.05) is 11.6 Å². The maximum Gasteiger partial charge on any atom is 0.321 e. The van der Waals surface area contributed by atoms with Gasteiger partial charge < -0.3 is 15.2 Å². The minimum absolute atomic E-state index is 0.0422. The van der Waals surface area contributed by atoms with Crippen LogP contribution in [0.2, 0.25) is 5.02 Å². The van der Waals surface area contributed by atoms with Gasteiger partial charge in [-0.1, -0.05) is 41.9 Å². The van der Waals surface area contributed by atoms with Crippen molar-refractivity contribution in [3.8, 4) is 11.5 Å². The van der Waals surface area contributed by atoms with Gasteiger partial charge >= 0.3 is 5.97 Å². The highest BCUT2D eigenvalue weighted by Gasteiger charge is 2.25. The zero-order valence-electron chi connectivity index (χ0n) is 17.8. The highest BCUT2D eigenvalue weighted by atomic mass is 35.5. The SMILES string of the molecule is O=C(O)C(CCCNCc1ccccc1)NS(=O)(=O)c1ccc(Oc2ccc(Cl)cc2)cc1. The number of ether oxygens (including phenoxy) is 1. The van der Waals surface area contributed by atoms with Crippen LogP contribution in [0.1, 0.15) is 18.4 Å². The summed E-state index contributed by atoms with van der Waals surface area (Å²) < 4.78 is 33.3. The Morgan fingerprint density at radius 1 is 0.939 bits per heavy atom. The van der Waals surface area contributed by atoms with E-state index in [4.69, 9.17) is 16.3 Å². The summed E-state index contributed by atoms with van der Waals surface area (Å²) in [5.41, 5.74) is 1.12. The van der Waals surface area contributed by atoms with Crippen molar-refractivity contribution in [1.82, 2.24) is 10.0 Å². The lowest BCUT2D eigenvalue weighted by Gasteiger charge is -2.15. The predicted octanol–water partition coefficient (Wildman–Crippen LogP) is 4.43. The number of hydrogen-bond donors (Lipinski definition) is 3. The molecule has 9 heteroatoms. The highest BCUT2D eigenvalue weighted by molar-refractivity contribution is 7.89. The third-order valence-electron chi connectivity index (χ3n) is 4.80. The van der Waals surface area contributed by atoms with Crippen molar-refractivity contribution in [3.05, 3.63) is 89.4 Å². The van der Waals surface area contributed by atoms with E-state index in [9.17, 15) is 18.3 Å². The second-order valence-electron chi connectivity index (χ2n) is 7.34. The first-order valence-electron chi connectivity index (χ1n) is 10.4. The number of rotatable bonds is 12. The maximum absolute atomic E-state index is 12.7. The van der Waals surface area contributed by atoms with Crippen LogP contribution in [0.3, 0.4) is 0 Å². The number of carboxylic acid groups (broad SMARTS) is 1.